The van der Waals surface area contributed by atoms with Crippen LogP contribution in [-0.4, -0.2) is 23.0 Å². The molecule has 3 atom stereocenters. The lowest BCUT2D eigenvalue weighted by molar-refractivity contribution is -0.137. The van der Waals surface area contributed by atoms with E-state index in [1.165, 1.54) is 34.7 Å². The minimum atomic E-state index is -4.48. The van der Waals surface area contributed by atoms with Crippen LogP contribution in [0, 0.1) is 0 Å². The molecule has 0 bridgehead atoms. The maximum atomic E-state index is 13.6. The Hall–Kier alpha value is -3.65. The fourth-order valence-corrected chi connectivity index (χ4v) is 5.15. The summed E-state index contributed by atoms with van der Waals surface area (Å²) in [6.45, 7) is 0. The van der Waals surface area contributed by atoms with Gasteiger partial charge in [-0.05, 0) is 72.4 Å². The summed E-state index contributed by atoms with van der Waals surface area (Å²) in [6.07, 6.45) is -2.37. The van der Waals surface area contributed by atoms with Crippen molar-refractivity contribution >= 4 is 17.6 Å². The van der Waals surface area contributed by atoms with E-state index in [0.29, 0.717) is 17.7 Å². The van der Waals surface area contributed by atoms with Crippen LogP contribution in [0.3, 0.4) is 0 Å². The van der Waals surface area contributed by atoms with Crippen LogP contribution in [0.2, 0.25) is 0 Å². The number of amides is 1. The Bertz CT molecular complexity index is 1270. The number of alkyl halides is 3. The molecule has 1 fully saturated rings. The minimum absolute atomic E-state index is 0.00120. The van der Waals surface area contributed by atoms with Crippen molar-refractivity contribution in [1.82, 2.24) is 5.32 Å². The molecule has 2 aliphatic rings. The van der Waals surface area contributed by atoms with E-state index >= 15 is 0 Å². The van der Waals surface area contributed by atoms with Gasteiger partial charge in [-0.3, -0.25) is 10.1 Å². The Balaban J connectivity index is 1.49. The molecule has 1 aliphatic carbocycles. The standard InChI is InChI=1S/C27H23F3N2O3/c28-27(29,30)19-9-11-20(12-10-19)32-24(17-5-3-6-18(14-17)26(34)35)15-23(25(32)33)31-22-13-8-16-4-1-2-7-21(16)22/h1-7,9-12,14,22-24,31H,8,13,15H2,(H,34,35)/t22-,23+,24+/m1/s1. The van der Waals surface area contributed by atoms with Crippen molar-refractivity contribution in [2.24, 2.45) is 0 Å². The lowest BCUT2D eigenvalue weighted by atomic mass is 9.99. The van der Waals surface area contributed by atoms with Gasteiger partial charge < -0.3 is 10.0 Å². The monoisotopic (exact) mass is 480 g/mol. The molecule has 0 radical (unpaired) electrons. The van der Waals surface area contributed by atoms with Crippen molar-refractivity contribution in [3.05, 3.63) is 101 Å². The summed E-state index contributed by atoms with van der Waals surface area (Å²) in [6, 6.07) is 17.8. The summed E-state index contributed by atoms with van der Waals surface area (Å²) >= 11 is 0. The number of rotatable bonds is 5. The largest absolute Gasteiger partial charge is 0.478 e. The van der Waals surface area contributed by atoms with Gasteiger partial charge in [-0.2, -0.15) is 13.2 Å². The fraction of sp³-hybridized carbons (Fsp3) is 0.259. The molecule has 1 aliphatic heterocycles. The fourth-order valence-electron chi connectivity index (χ4n) is 5.15. The quantitative estimate of drug-likeness (QED) is 0.504. The zero-order valence-electron chi connectivity index (χ0n) is 18.6. The molecule has 8 heteroatoms. The van der Waals surface area contributed by atoms with Crippen LogP contribution in [0.1, 0.15) is 57.5 Å². The van der Waals surface area contributed by atoms with Crippen LogP contribution in [-0.2, 0) is 17.4 Å². The number of benzene rings is 3. The lowest BCUT2D eigenvalue weighted by Gasteiger charge is -2.26. The highest BCUT2D eigenvalue weighted by atomic mass is 19.4. The molecular formula is C27H23F3N2O3. The number of anilines is 1. The number of carboxylic acid groups (broad SMARTS) is 1. The Morgan fingerprint density at radius 1 is 0.971 bits per heavy atom. The summed E-state index contributed by atoms with van der Waals surface area (Å²) in [5.41, 5.74) is 2.63. The number of aromatic carboxylic acids is 1. The molecular weight excluding hydrogens is 457 g/mol. The van der Waals surface area contributed by atoms with Gasteiger partial charge in [0.05, 0.1) is 23.2 Å². The maximum absolute atomic E-state index is 13.6. The average molecular weight is 480 g/mol. The summed E-state index contributed by atoms with van der Waals surface area (Å²) in [5, 5.41) is 12.9. The third-order valence-corrected chi connectivity index (χ3v) is 6.83. The van der Waals surface area contributed by atoms with Gasteiger partial charge in [0.15, 0.2) is 0 Å². The van der Waals surface area contributed by atoms with E-state index in [-0.39, 0.29) is 17.5 Å². The van der Waals surface area contributed by atoms with Gasteiger partial charge in [0.25, 0.3) is 0 Å². The van der Waals surface area contributed by atoms with E-state index in [1.807, 2.05) is 18.2 Å². The first-order valence-electron chi connectivity index (χ1n) is 11.4. The number of halogens is 3. The number of nitrogens with one attached hydrogen (secondary N) is 1. The smallest absolute Gasteiger partial charge is 0.416 e. The van der Waals surface area contributed by atoms with E-state index in [4.69, 9.17) is 0 Å². The molecule has 3 aromatic rings. The first kappa shape index (κ1) is 23.1. The number of nitrogens with zero attached hydrogens (tertiary/aromatic N) is 1. The Morgan fingerprint density at radius 3 is 2.43 bits per heavy atom. The highest BCUT2D eigenvalue weighted by molar-refractivity contribution is 6.00. The molecule has 5 nitrogen and oxygen atoms in total. The third kappa shape index (κ3) is 4.41. The van der Waals surface area contributed by atoms with E-state index in [9.17, 15) is 27.9 Å². The van der Waals surface area contributed by atoms with Gasteiger partial charge >= 0.3 is 12.1 Å². The molecule has 5 rings (SSSR count). The van der Waals surface area contributed by atoms with Crippen molar-refractivity contribution in [2.45, 2.75) is 43.6 Å². The van der Waals surface area contributed by atoms with E-state index < -0.39 is 29.8 Å². The van der Waals surface area contributed by atoms with Crippen molar-refractivity contribution in [2.75, 3.05) is 4.90 Å². The predicted molar refractivity (Wildman–Crippen MR) is 124 cm³/mol. The molecule has 1 amide bonds. The van der Waals surface area contributed by atoms with Gasteiger partial charge in [0.1, 0.15) is 0 Å². The van der Waals surface area contributed by atoms with Gasteiger partial charge in [-0.1, -0.05) is 36.4 Å². The summed E-state index contributed by atoms with van der Waals surface area (Å²) in [5.74, 6) is -1.34. The van der Waals surface area contributed by atoms with E-state index in [0.717, 1.165) is 30.5 Å². The van der Waals surface area contributed by atoms with Crippen LogP contribution in [0.4, 0.5) is 18.9 Å². The minimum Gasteiger partial charge on any atom is -0.478 e. The molecule has 2 N–H and O–H groups in total. The van der Waals surface area contributed by atoms with Crippen LogP contribution in [0.15, 0.2) is 72.8 Å². The van der Waals surface area contributed by atoms with Gasteiger partial charge in [0, 0.05) is 11.7 Å². The first-order chi connectivity index (χ1) is 16.7. The maximum Gasteiger partial charge on any atom is 0.416 e. The topological polar surface area (TPSA) is 69.6 Å². The van der Waals surface area contributed by atoms with Crippen molar-refractivity contribution in [3.8, 4) is 0 Å². The SMILES string of the molecule is O=C(O)c1cccc([C@@H]2C[C@H](N[C@@H]3CCc4ccccc43)C(=O)N2c2ccc(C(F)(F)F)cc2)c1. The number of carbonyl (C=O) groups is 2. The van der Waals surface area contributed by atoms with Crippen LogP contribution < -0.4 is 10.2 Å². The average Bonchev–Trinajstić information content (AvgIpc) is 3.40. The molecule has 180 valence electrons. The predicted octanol–water partition coefficient (Wildman–Crippen LogP) is 5.53. The second-order valence-corrected chi connectivity index (χ2v) is 8.94. The van der Waals surface area contributed by atoms with Crippen molar-refractivity contribution < 1.29 is 27.9 Å². The van der Waals surface area contributed by atoms with Crippen LogP contribution in [0.25, 0.3) is 0 Å². The second-order valence-electron chi connectivity index (χ2n) is 8.94. The highest BCUT2D eigenvalue weighted by Crippen LogP contribution is 2.40. The second kappa shape index (κ2) is 8.85. The Morgan fingerprint density at radius 2 is 1.71 bits per heavy atom. The summed E-state index contributed by atoms with van der Waals surface area (Å²) in [7, 11) is 0. The summed E-state index contributed by atoms with van der Waals surface area (Å²) in [4.78, 5) is 26.6. The van der Waals surface area contributed by atoms with Crippen LogP contribution in [0.5, 0.6) is 0 Å². The third-order valence-electron chi connectivity index (χ3n) is 6.83. The number of carbonyl (C=O) groups excluding carboxylic acids is 1. The molecule has 0 saturated carbocycles. The van der Waals surface area contributed by atoms with Crippen LogP contribution >= 0.6 is 0 Å². The number of aryl methyl sites for hydroxylation is 1. The highest BCUT2D eigenvalue weighted by Gasteiger charge is 2.43. The van der Waals surface area contributed by atoms with Gasteiger partial charge in [-0.25, -0.2) is 4.79 Å². The van der Waals surface area contributed by atoms with Crippen molar-refractivity contribution in [3.63, 3.8) is 0 Å². The molecule has 0 aromatic heterocycles. The molecule has 1 saturated heterocycles. The summed E-state index contributed by atoms with van der Waals surface area (Å²) < 4.78 is 39.3. The molecule has 1 heterocycles. The number of hydrogen-bond acceptors (Lipinski definition) is 3. The van der Waals surface area contributed by atoms with Crippen molar-refractivity contribution in [1.29, 1.82) is 0 Å². The molecule has 3 aromatic carbocycles. The van der Waals surface area contributed by atoms with Gasteiger partial charge in [-0.15, -0.1) is 0 Å². The molecule has 0 unspecified atom stereocenters. The molecule has 0 spiro atoms. The lowest BCUT2D eigenvalue weighted by Crippen LogP contribution is -2.40. The Kier molecular flexibility index (Phi) is 5.84. The zero-order valence-corrected chi connectivity index (χ0v) is 18.6. The van der Waals surface area contributed by atoms with Gasteiger partial charge in [0.2, 0.25) is 5.91 Å². The Labute approximate surface area is 200 Å². The van der Waals surface area contributed by atoms with E-state index in [2.05, 4.69) is 11.4 Å². The number of hydrogen-bond donors (Lipinski definition) is 2. The number of fused-ring (bicyclic) bond motifs is 1. The van der Waals surface area contributed by atoms with E-state index in [1.54, 1.807) is 12.1 Å². The normalized spacial score (nSPS) is 21.9. The zero-order chi connectivity index (χ0) is 24.7. The number of carboxylic acids is 1. The molecule has 35 heavy (non-hydrogen) atoms. The first-order valence-corrected chi connectivity index (χ1v) is 11.4.